The third-order valence-electron chi connectivity index (χ3n) is 3.47. The van der Waals surface area contributed by atoms with E-state index in [1.54, 1.807) is 6.07 Å². The van der Waals surface area contributed by atoms with E-state index in [0.29, 0.717) is 11.1 Å². The van der Waals surface area contributed by atoms with Crippen molar-refractivity contribution in [1.82, 2.24) is 9.97 Å². The summed E-state index contributed by atoms with van der Waals surface area (Å²) in [6.07, 6.45) is 3.22. The number of alkyl halides is 1. The summed E-state index contributed by atoms with van der Waals surface area (Å²) >= 11 is 6.02. The van der Waals surface area contributed by atoms with E-state index < -0.39 is 0 Å². The highest BCUT2D eigenvalue weighted by molar-refractivity contribution is 6.29. The molecule has 2 aliphatic rings. The van der Waals surface area contributed by atoms with Gasteiger partial charge in [0.2, 0.25) is 0 Å². The van der Waals surface area contributed by atoms with Crippen LogP contribution < -0.4 is 4.90 Å². The lowest BCUT2D eigenvalue weighted by Gasteiger charge is -2.17. The largest absolute Gasteiger partial charge is 0.356 e. The van der Waals surface area contributed by atoms with Crippen LogP contribution in [0.1, 0.15) is 31.0 Å². The van der Waals surface area contributed by atoms with Crippen molar-refractivity contribution >= 4 is 17.4 Å². The quantitative estimate of drug-likeness (QED) is 0.778. The first-order chi connectivity index (χ1) is 8.26. The Kier molecular flexibility index (Phi) is 2.90. The SMILES string of the molecule is FC[C@H]1CCN(c2cc(Cl)nc(C3CC3)n2)C1. The highest BCUT2D eigenvalue weighted by atomic mass is 35.5. The molecule has 0 aromatic carbocycles. The van der Waals surface area contributed by atoms with Crippen LogP contribution in [0.15, 0.2) is 6.07 Å². The molecule has 3 nitrogen and oxygen atoms in total. The average molecular weight is 256 g/mol. The average Bonchev–Trinajstić information content (AvgIpc) is 3.06. The van der Waals surface area contributed by atoms with Gasteiger partial charge in [-0.1, -0.05) is 11.6 Å². The van der Waals surface area contributed by atoms with Crippen molar-refractivity contribution in [3.05, 3.63) is 17.0 Å². The van der Waals surface area contributed by atoms with Crippen molar-refractivity contribution in [3.63, 3.8) is 0 Å². The zero-order chi connectivity index (χ0) is 11.8. The Morgan fingerprint density at radius 2 is 2.18 bits per heavy atom. The van der Waals surface area contributed by atoms with Gasteiger partial charge in [0, 0.05) is 31.0 Å². The van der Waals surface area contributed by atoms with Gasteiger partial charge in [0.05, 0.1) is 6.67 Å². The van der Waals surface area contributed by atoms with Gasteiger partial charge in [-0.15, -0.1) is 0 Å². The minimum absolute atomic E-state index is 0.146. The zero-order valence-corrected chi connectivity index (χ0v) is 10.3. The van der Waals surface area contributed by atoms with E-state index in [0.717, 1.165) is 44.0 Å². The number of hydrogen-bond acceptors (Lipinski definition) is 3. The Hall–Kier alpha value is -0.900. The molecule has 1 aromatic heterocycles. The van der Waals surface area contributed by atoms with Gasteiger partial charge in [-0.3, -0.25) is 4.39 Å². The highest BCUT2D eigenvalue weighted by Crippen LogP contribution is 2.39. The van der Waals surface area contributed by atoms with E-state index in [9.17, 15) is 4.39 Å². The predicted octanol–water partition coefficient (Wildman–Crippen LogP) is 2.80. The van der Waals surface area contributed by atoms with E-state index in [1.807, 2.05) is 0 Å². The Bertz CT molecular complexity index is 422. The van der Waals surface area contributed by atoms with Crippen molar-refractivity contribution in [1.29, 1.82) is 0 Å². The normalized spacial score (nSPS) is 24.4. The van der Waals surface area contributed by atoms with Crippen LogP contribution in [-0.2, 0) is 0 Å². The first kappa shape index (κ1) is 11.2. The van der Waals surface area contributed by atoms with Crippen LogP contribution in [0.2, 0.25) is 5.15 Å². The summed E-state index contributed by atoms with van der Waals surface area (Å²) in [4.78, 5) is 10.9. The van der Waals surface area contributed by atoms with E-state index in [2.05, 4.69) is 14.9 Å². The maximum atomic E-state index is 12.6. The maximum Gasteiger partial charge on any atom is 0.135 e. The predicted molar refractivity (Wildman–Crippen MR) is 65.3 cm³/mol. The van der Waals surface area contributed by atoms with Gasteiger partial charge in [-0.05, 0) is 19.3 Å². The van der Waals surface area contributed by atoms with Crippen LogP contribution in [0.25, 0.3) is 0 Å². The fourth-order valence-corrected chi connectivity index (χ4v) is 2.46. The van der Waals surface area contributed by atoms with E-state index >= 15 is 0 Å². The van der Waals surface area contributed by atoms with Gasteiger partial charge in [-0.2, -0.15) is 0 Å². The van der Waals surface area contributed by atoms with Crippen LogP contribution in [0.4, 0.5) is 10.2 Å². The lowest BCUT2D eigenvalue weighted by atomic mass is 10.1. The molecule has 1 aromatic rings. The number of hydrogen-bond donors (Lipinski definition) is 0. The molecule has 0 unspecified atom stereocenters. The lowest BCUT2D eigenvalue weighted by molar-refractivity contribution is 0.384. The van der Waals surface area contributed by atoms with Crippen LogP contribution in [-0.4, -0.2) is 29.7 Å². The van der Waals surface area contributed by atoms with E-state index in [1.165, 1.54) is 0 Å². The van der Waals surface area contributed by atoms with Crippen molar-refractivity contribution in [2.75, 3.05) is 24.7 Å². The fraction of sp³-hybridized carbons (Fsp3) is 0.667. The summed E-state index contributed by atoms with van der Waals surface area (Å²) in [6, 6.07) is 1.79. The molecule has 0 amide bonds. The molecule has 17 heavy (non-hydrogen) atoms. The third-order valence-corrected chi connectivity index (χ3v) is 3.66. The Morgan fingerprint density at radius 1 is 1.35 bits per heavy atom. The molecule has 1 saturated heterocycles. The third kappa shape index (κ3) is 2.37. The summed E-state index contributed by atoms with van der Waals surface area (Å²) in [7, 11) is 0. The molecule has 1 atom stereocenters. The Labute approximate surface area is 105 Å². The summed E-state index contributed by atoms with van der Waals surface area (Å²) in [5, 5.41) is 0.501. The van der Waals surface area contributed by atoms with Gasteiger partial charge in [0.25, 0.3) is 0 Å². The molecule has 1 aliphatic heterocycles. The molecular weight excluding hydrogens is 241 g/mol. The summed E-state index contributed by atoms with van der Waals surface area (Å²) < 4.78 is 12.6. The van der Waals surface area contributed by atoms with E-state index in [4.69, 9.17) is 11.6 Å². The zero-order valence-electron chi connectivity index (χ0n) is 9.57. The maximum absolute atomic E-state index is 12.6. The second-order valence-corrected chi connectivity index (χ2v) is 5.32. The standard InChI is InChI=1S/C12H15ClFN3/c13-10-5-11(16-12(15-10)9-1-2-9)17-4-3-8(6-14)7-17/h5,8-9H,1-4,6-7H2/t8-/m1/s1. The molecule has 0 N–H and O–H groups in total. The number of nitrogens with zero attached hydrogens (tertiary/aromatic N) is 3. The second kappa shape index (κ2) is 4.41. The van der Waals surface area contributed by atoms with Gasteiger partial charge in [-0.25, -0.2) is 9.97 Å². The summed E-state index contributed by atoms with van der Waals surface area (Å²) in [5.41, 5.74) is 0. The molecule has 3 rings (SSSR count). The second-order valence-electron chi connectivity index (χ2n) is 4.94. The fourth-order valence-electron chi connectivity index (χ4n) is 2.28. The summed E-state index contributed by atoms with van der Waals surface area (Å²) in [5.74, 6) is 2.36. The monoisotopic (exact) mass is 255 g/mol. The van der Waals surface area contributed by atoms with Crippen molar-refractivity contribution in [2.24, 2.45) is 5.92 Å². The van der Waals surface area contributed by atoms with Crippen LogP contribution in [0.5, 0.6) is 0 Å². The topological polar surface area (TPSA) is 29.0 Å². The van der Waals surface area contributed by atoms with Crippen LogP contribution in [0.3, 0.4) is 0 Å². The first-order valence-electron chi connectivity index (χ1n) is 6.11. The van der Waals surface area contributed by atoms with Gasteiger partial charge >= 0.3 is 0 Å². The Morgan fingerprint density at radius 3 is 2.82 bits per heavy atom. The molecule has 1 aliphatic carbocycles. The summed E-state index contributed by atoms with van der Waals surface area (Å²) in [6.45, 7) is 1.37. The number of halogens is 2. The molecule has 2 heterocycles. The molecular formula is C12H15ClFN3. The van der Waals surface area contributed by atoms with Crippen molar-refractivity contribution < 1.29 is 4.39 Å². The lowest BCUT2D eigenvalue weighted by Crippen LogP contribution is -2.22. The molecule has 0 radical (unpaired) electrons. The molecule has 0 spiro atoms. The highest BCUT2D eigenvalue weighted by Gasteiger charge is 2.29. The molecule has 0 bridgehead atoms. The van der Waals surface area contributed by atoms with Crippen LogP contribution in [0, 0.1) is 5.92 Å². The Balaban J connectivity index is 1.82. The minimum Gasteiger partial charge on any atom is -0.356 e. The van der Waals surface area contributed by atoms with E-state index in [-0.39, 0.29) is 12.6 Å². The molecule has 2 fully saturated rings. The number of aromatic nitrogens is 2. The molecule has 92 valence electrons. The van der Waals surface area contributed by atoms with Crippen molar-refractivity contribution in [3.8, 4) is 0 Å². The van der Waals surface area contributed by atoms with Gasteiger partial charge < -0.3 is 4.90 Å². The molecule has 1 saturated carbocycles. The first-order valence-corrected chi connectivity index (χ1v) is 6.49. The molecule has 5 heteroatoms. The minimum atomic E-state index is -0.245. The number of rotatable bonds is 3. The van der Waals surface area contributed by atoms with Gasteiger partial charge in [0.1, 0.15) is 16.8 Å². The number of anilines is 1. The smallest absolute Gasteiger partial charge is 0.135 e. The van der Waals surface area contributed by atoms with Crippen LogP contribution >= 0.6 is 11.6 Å². The van der Waals surface area contributed by atoms with Gasteiger partial charge in [0.15, 0.2) is 0 Å². The van der Waals surface area contributed by atoms with Crippen molar-refractivity contribution in [2.45, 2.75) is 25.2 Å².